The summed E-state index contributed by atoms with van der Waals surface area (Å²) in [4.78, 5) is 0.743. The molecular weight excluding hydrogens is 202 g/mol. The third-order valence-electron chi connectivity index (χ3n) is 1.82. The van der Waals surface area contributed by atoms with Crippen molar-refractivity contribution >= 4 is 16.3 Å². The van der Waals surface area contributed by atoms with Gasteiger partial charge in [0.05, 0.1) is 12.1 Å². The van der Waals surface area contributed by atoms with Crippen LogP contribution in [0.1, 0.15) is 11.9 Å². The maximum atomic E-state index is 6.03. The molecule has 0 amide bonds. The monoisotopic (exact) mass is 213 g/mol. The van der Waals surface area contributed by atoms with Crippen molar-refractivity contribution in [1.29, 1.82) is 0 Å². The minimum atomic E-state index is -0.569. The van der Waals surface area contributed by atoms with E-state index in [1.54, 1.807) is 18.0 Å². The zero-order valence-corrected chi connectivity index (χ0v) is 8.78. The molecule has 76 valence electrons. The van der Waals surface area contributed by atoms with Crippen LogP contribution in [0.5, 0.6) is 0 Å². The van der Waals surface area contributed by atoms with Crippen LogP contribution in [-0.4, -0.2) is 33.5 Å². The van der Waals surface area contributed by atoms with Gasteiger partial charge in [0.1, 0.15) is 11.3 Å². The van der Waals surface area contributed by atoms with Crippen LogP contribution in [-0.2, 0) is 10.3 Å². The van der Waals surface area contributed by atoms with Crippen molar-refractivity contribution in [2.45, 2.75) is 12.5 Å². The van der Waals surface area contributed by atoms with Gasteiger partial charge < -0.3 is 10.5 Å². The molecule has 1 atom stereocenters. The summed E-state index contributed by atoms with van der Waals surface area (Å²) in [5.74, 6) is 0. The van der Waals surface area contributed by atoms with Crippen LogP contribution in [0.2, 0.25) is 0 Å². The summed E-state index contributed by atoms with van der Waals surface area (Å²) in [6, 6.07) is 0. The number of aromatic nitrogens is 4. The highest BCUT2D eigenvalue weighted by Gasteiger charge is 2.26. The van der Waals surface area contributed by atoms with Crippen LogP contribution in [0.25, 0.3) is 4.96 Å². The van der Waals surface area contributed by atoms with E-state index in [-0.39, 0.29) is 0 Å². The van der Waals surface area contributed by atoms with Gasteiger partial charge >= 0.3 is 0 Å². The van der Waals surface area contributed by atoms with Crippen molar-refractivity contribution in [3.8, 4) is 0 Å². The Balaban J connectivity index is 2.38. The predicted octanol–water partition coefficient (Wildman–Crippen LogP) is 0.00610. The Bertz CT molecular complexity index is 405. The van der Waals surface area contributed by atoms with Crippen molar-refractivity contribution in [3.63, 3.8) is 0 Å². The number of ether oxygens (including phenoxy) is 1. The molecule has 0 fully saturated rings. The number of hydrogen-bond donors (Lipinski definition) is 1. The lowest BCUT2D eigenvalue weighted by atomic mass is 10.1. The van der Waals surface area contributed by atoms with E-state index in [9.17, 15) is 0 Å². The molecule has 2 N–H and O–H groups in total. The predicted molar refractivity (Wildman–Crippen MR) is 52.1 cm³/mol. The first-order valence-electron chi connectivity index (χ1n) is 4.08. The number of hydrogen-bond acceptors (Lipinski definition) is 6. The SMILES string of the molecule is COCC(C)(N)c1nn2cnnc2s1. The zero-order valence-electron chi connectivity index (χ0n) is 7.97. The Morgan fingerprint density at radius 3 is 3.14 bits per heavy atom. The number of methoxy groups -OCH3 is 1. The number of fused-ring (bicyclic) bond motifs is 1. The summed E-state index contributed by atoms with van der Waals surface area (Å²) in [5.41, 5.74) is 5.46. The normalized spacial score (nSPS) is 15.9. The third-order valence-corrected chi connectivity index (χ3v) is 3.01. The van der Waals surface area contributed by atoms with E-state index >= 15 is 0 Å². The van der Waals surface area contributed by atoms with Crippen molar-refractivity contribution < 1.29 is 4.74 Å². The summed E-state index contributed by atoms with van der Waals surface area (Å²) in [6.07, 6.45) is 1.55. The van der Waals surface area contributed by atoms with Gasteiger partial charge in [-0.05, 0) is 6.92 Å². The van der Waals surface area contributed by atoms with Gasteiger partial charge in [0.2, 0.25) is 4.96 Å². The number of nitrogens with zero attached hydrogens (tertiary/aromatic N) is 4. The molecule has 2 heterocycles. The van der Waals surface area contributed by atoms with Crippen LogP contribution in [0, 0.1) is 0 Å². The van der Waals surface area contributed by atoms with Crippen molar-refractivity contribution in [1.82, 2.24) is 19.8 Å². The Labute approximate surface area is 84.7 Å². The molecule has 0 aromatic carbocycles. The van der Waals surface area contributed by atoms with E-state index in [1.807, 2.05) is 6.92 Å². The maximum Gasteiger partial charge on any atom is 0.234 e. The molecule has 0 aliphatic heterocycles. The van der Waals surface area contributed by atoms with Crippen molar-refractivity contribution in [2.75, 3.05) is 13.7 Å². The highest BCUT2D eigenvalue weighted by Crippen LogP contribution is 2.22. The summed E-state index contributed by atoms with van der Waals surface area (Å²) < 4.78 is 6.64. The highest BCUT2D eigenvalue weighted by atomic mass is 32.1. The molecule has 2 aromatic heterocycles. The van der Waals surface area contributed by atoms with Crippen LogP contribution in [0.3, 0.4) is 0 Å². The molecule has 0 saturated heterocycles. The van der Waals surface area contributed by atoms with Gasteiger partial charge in [0.25, 0.3) is 0 Å². The standard InChI is InChI=1S/C7H11N5OS/c1-7(8,3-13-2)5-11-12-4-9-10-6(12)14-5/h4H,3,8H2,1-2H3. The second-order valence-electron chi connectivity index (χ2n) is 3.32. The van der Waals surface area contributed by atoms with Gasteiger partial charge in [0, 0.05) is 7.11 Å². The summed E-state index contributed by atoms with van der Waals surface area (Å²) in [6.45, 7) is 2.30. The van der Waals surface area contributed by atoms with Crippen molar-refractivity contribution in [2.24, 2.45) is 5.73 Å². The molecular formula is C7H11N5OS. The Hall–Kier alpha value is -1.05. The Morgan fingerprint density at radius 1 is 1.71 bits per heavy atom. The molecule has 0 aliphatic carbocycles. The van der Waals surface area contributed by atoms with Gasteiger partial charge in [-0.2, -0.15) is 9.61 Å². The first-order chi connectivity index (χ1) is 6.63. The van der Waals surface area contributed by atoms with Gasteiger partial charge in [-0.25, -0.2) is 0 Å². The van der Waals surface area contributed by atoms with E-state index in [4.69, 9.17) is 10.5 Å². The van der Waals surface area contributed by atoms with Crippen molar-refractivity contribution in [3.05, 3.63) is 11.3 Å². The molecule has 0 radical (unpaired) electrons. The molecule has 0 saturated carbocycles. The fourth-order valence-electron chi connectivity index (χ4n) is 1.15. The van der Waals surface area contributed by atoms with Gasteiger partial charge in [-0.15, -0.1) is 10.2 Å². The Kier molecular flexibility index (Phi) is 2.22. The fourth-order valence-corrected chi connectivity index (χ4v) is 2.02. The van der Waals surface area contributed by atoms with E-state index in [0.29, 0.717) is 6.61 Å². The smallest absolute Gasteiger partial charge is 0.234 e. The van der Waals surface area contributed by atoms with Gasteiger partial charge in [-0.1, -0.05) is 11.3 Å². The first kappa shape index (κ1) is 9.50. The quantitative estimate of drug-likeness (QED) is 0.776. The summed E-state index contributed by atoms with van der Waals surface area (Å²) in [5, 5.41) is 12.7. The molecule has 2 rings (SSSR count). The van der Waals surface area contributed by atoms with E-state index in [2.05, 4.69) is 15.3 Å². The summed E-state index contributed by atoms with van der Waals surface area (Å²) in [7, 11) is 1.62. The highest BCUT2D eigenvalue weighted by molar-refractivity contribution is 7.16. The average molecular weight is 213 g/mol. The van der Waals surface area contributed by atoms with Crippen LogP contribution in [0.15, 0.2) is 6.33 Å². The largest absolute Gasteiger partial charge is 0.382 e. The average Bonchev–Trinajstić information content (AvgIpc) is 2.60. The minimum absolute atomic E-state index is 0.428. The molecule has 0 spiro atoms. The second-order valence-corrected chi connectivity index (χ2v) is 4.27. The lowest BCUT2D eigenvalue weighted by molar-refractivity contribution is 0.140. The van der Waals surface area contributed by atoms with Gasteiger partial charge in [0.15, 0.2) is 0 Å². The topological polar surface area (TPSA) is 78.3 Å². The lowest BCUT2D eigenvalue weighted by Crippen LogP contribution is -2.37. The molecule has 14 heavy (non-hydrogen) atoms. The Morgan fingerprint density at radius 2 is 2.50 bits per heavy atom. The van der Waals surface area contributed by atoms with Crippen LogP contribution >= 0.6 is 11.3 Å². The molecule has 1 unspecified atom stereocenters. The molecule has 0 bridgehead atoms. The number of rotatable bonds is 3. The molecule has 7 heteroatoms. The van der Waals surface area contributed by atoms with Crippen LogP contribution in [0.4, 0.5) is 0 Å². The number of nitrogens with two attached hydrogens (primary N) is 1. The third kappa shape index (κ3) is 1.49. The van der Waals surface area contributed by atoms with E-state index in [1.165, 1.54) is 11.3 Å². The minimum Gasteiger partial charge on any atom is -0.382 e. The molecule has 2 aromatic rings. The van der Waals surface area contributed by atoms with E-state index < -0.39 is 5.54 Å². The molecule has 6 nitrogen and oxygen atoms in total. The fraction of sp³-hybridized carbons (Fsp3) is 0.571. The second kappa shape index (κ2) is 3.26. The lowest BCUT2D eigenvalue weighted by Gasteiger charge is -2.19. The van der Waals surface area contributed by atoms with Gasteiger partial charge in [-0.3, -0.25) is 0 Å². The summed E-state index contributed by atoms with van der Waals surface area (Å²) >= 11 is 1.42. The maximum absolute atomic E-state index is 6.03. The zero-order chi connectivity index (χ0) is 10.2. The molecule has 0 aliphatic rings. The first-order valence-corrected chi connectivity index (χ1v) is 4.90. The van der Waals surface area contributed by atoms with E-state index in [0.717, 1.165) is 9.97 Å². The van der Waals surface area contributed by atoms with Crippen LogP contribution < -0.4 is 5.73 Å².